The predicted octanol–water partition coefficient (Wildman–Crippen LogP) is 0.00710. The number of hydrogen-bond acceptors (Lipinski definition) is 5. The first-order valence-electron chi connectivity index (χ1n) is 3.54. The molecule has 0 aliphatic rings. The second-order valence-corrected chi connectivity index (χ2v) is 2.39. The summed E-state index contributed by atoms with van der Waals surface area (Å²) in [4.78, 5) is 16.9. The van der Waals surface area contributed by atoms with Crippen LogP contribution in [0.5, 0.6) is 0 Å². The van der Waals surface area contributed by atoms with E-state index in [-0.39, 0.29) is 5.82 Å². The Morgan fingerprint density at radius 3 is 2.92 bits per heavy atom. The van der Waals surface area contributed by atoms with Gasteiger partial charge in [0.2, 0.25) is 5.82 Å². The van der Waals surface area contributed by atoms with E-state index in [0.29, 0.717) is 11.5 Å². The number of rotatable bonds is 1. The van der Waals surface area contributed by atoms with Gasteiger partial charge in [-0.15, -0.1) is 0 Å². The Labute approximate surface area is 72.4 Å². The van der Waals surface area contributed by atoms with E-state index in [4.69, 9.17) is 5.73 Å². The van der Waals surface area contributed by atoms with Crippen LogP contribution in [-0.4, -0.2) is 15.1 Å². The molecule has 6 heteroatoms. The standard InChI is InChI=1S/C7H6N4O2/c8-5-3-1-2-4(9-5)6-10-7(12)13-11-6/h1-3H,(H2,8,9)(H,10,11,12). The number of nitrogens with one attached hydrogen (secondary N) is 1. The van der Waals surface area contributed by atoms with Crippen molar-refractivity contribution in [2.75, 3.05) is 5.73 Å². The van der Waals surface area contributed by atoms with Crippen LogP contribution in [0.25, 0.3) is 11.5 Å². The van der Waals surface area contributed by atoms with Crippen molar-refractivity contribution in [2.45, 2.75) is 0 Å². The van der Waals surface area contributed by atoms with Gasteiger partial charge in [0.25, 0.3) is 0 Å². The van der Waals surface area contributed by atoms with Crippen molar-refractivity contribution in [3.05, 3.63) is 28.7 Å². The number of aromatic amines is 1. The van der Waals surface area contributed by atoms with Gasteiger partial charge in [-0.25, -0.2) is 9.78 Å². The van der Waals surface area contributed by atoms with Crippen LogP contribution < -0.4 is 11.5 Å². The highest BCUT2D eigenvalue weighted by Gasteiger charge is 2.04. The van der Waals surface area contributed by atoms with Crippen LogP contribution in [0.4, 0.5) is 5.82 Å². The molecule has 2 aromatic rings. The predicted molar refractivity (Wildman–Crippen MR) is 44.8 cm³/mol. The fourth-order valence-corrected chi connectivity index (χ4v) is 0.924. The van der Waals surface area contributed by atoms with E-state index < -0.39 is 5.76 Å². The van der Waals surface area contributed by atoms with Gasteiger partial charge < -0.3 is 5.73 Å². The molecule has 0 atom stereocenters. The van der Waals surface area contributed by atoms with Crippen molar-refractivity contribution < 1.29 is 4.52 Å². The van der Waals surface area contributed by atoms with Gasteiger partial charge in [-0.1, -0.05) is 11.2 Å². The van der Waals surface area contributed by atoms with Crippen LogP contribution in [0.2, 0.25) is 0 Å². The van der Waals surface area contributed by atoms with E-state index in [0.717, 1.165) is 0 Å². The van der Waals surface area contributed by atoms with Crippen molar-refractivity contribution in [3.8, 4) is 11.5 Å². The molecule has 2 aromatic heterocycles. The number of nitrogens with two attached hydrogens (primary N) is 1. The molecule has 2 rings (SSSR count). The van der Waals surface area contributed by atoms with Crippen molar-refractivity contribution in [1.29, 1.82) is 0 Å². The molecule has 0 amide bonds. The normalized spacial score (nSPS) is 10.2. The molecular weight excluding hydrogens is 172 g/mol. The van der Waals surface area contributed by atoms with Gasteiger partial charge in [-0.2, -0.15) is 0 Å². The zero-order chi connectivity index (χ0) is 9.26. The Morgan fingerprint density at radius 2 is 2.31 bits per heavy atom. The van der Waals surface area contributed by atoms with Gasteiger partial charge in [0.15, 0.2) is 0 Å². The smallest absolute Gasteiger partial charge is 0.384 e. The average molecular weight is 178 g/mol. The highest BCUT2D eigenvalue weighted by molar-refractivity contribution is 5.50. The molecule has 13 heavy (non-hydrogen) atoms. The lowest BCUT2D eigenvalue weighted by atomic mass is 10.3. The van der Waals surface area contributed by atoms with Crippen LogP contribution >= 0.6 is 0 Å². The summed E-state index contributed by atoms with van der Waals surface area (Å²) in [5, 5.41) is 3.47. The number of nitrogen functional groups attached to an aromatic ring is 1. The lowest BCUT2D eigenvalue weighted by Gasteiger charge is -1.94. The highest BCUT2D eigenvalue weighted by Crippen LogP contribution is 2.10. The molecule has 0 radical (unpaired) electrons. The van der Waals surface area contributed by atoms with E-state index in [1.807, 2.05) is 0 Å². The Kier molecular flexibility index (Phi) is 1.59. The number of pyridine rings is 1. The molecule has 0 aliphatic carbocycles. The van der Waals surface area contributed by atoms with Gasteiger partial charge in [0.1, 0.15) is 11.5 Å². The first-order chi connectivity index (χ1) is 6.25. The van der Waals surface area contributed by atoms with Gasteiger partial charge in [-0.3, -0.25) is 9.51 Å². The fourth-order valence-electron chi connectivity index (χ4n) is 0.924. The Bertz CT molecular complexity index is 473. The maximum absolute atomic E-state index is 10.6. The molecule has 0 spiro atoms. The molecule has 0 saturated carbocycles. The van der Waals surface area contributed by atoms with Gasteiger partial charge in [0, 0.05) is 0 Å². The second-order valence-electron chi connectivity index (χ2n) is 2.39. The average Bonchev–Trinajstić information content (AvgIpc) is 2.52. The Hall–Kier alpha value is -2.11. The van der Waals surface area contributed by atoms with Crippen LogP contribution in [0.3, 0.4) is 0 Å². The zero-order valence-corrected chi connectivity index (χ0v) is 6.52. The highest BCUT2D eigenvalue weighted by atomic mass is 16.5. The summed E-state index contributed by atoms with van der Waals surface area (Å²) in [5.41, 5.74) is 5.92. The summed E-state index contributed by atoms with van der Waals surface area (Å²) >= 11 is 0. The van der Waals surface area contributed by atoms with Gasteiger partial charge in [0.05, 0.1) is 0 Å². The SMILES string of the molecule is Nc1cccc(-c2noc(=O)[nH]2)n1. The first kappa shape index (κ1) is 7.53. The molecule has 0 unspecified atom stereocenters. The minimum absolute atomic E-state index is 0.275. The topological polar surface area (TPSA) is 97.8 Å². The Morgan fingerprint density at radius 1 is 1.46 bits per heavy atom. The van der Waals surface area contributed by atoms with E-state index in [9.17, 15) is 4.79 Å². The molecule has 0 saturated heterocycles. The molecule has 6 nitrogen and oxygen atoms in total. The fraction of sp³-hybridized carbons (Fsp3) is 0. The molecule has 0 bridgehead atoms. The van der Waals surface area contributed by atoms with Gasteiger partial charge in [-0.05, 0) is 12.1 Å². The number of anilines is 1. The van der Waals surface area contributed by atoms with E-state index in [1.165, 1.54) is 0 Å². The largest absolute Gasteiger partial charge is 0.439 e. The van der Waals surface area contributed by atoms with Crippen LogP contribution in [0, 0.1) is 0 Å². The van der Waals surface area contributed by atoms with Crippen molar-refractivity contribution in [1.82, 2.24) is 15.1 Å². The zero-order valence-electron chi connectivity index (χ0n) is 6.52. The quantitative estimate of drug-likeness (QED) is 0.640. The third-order valence-electron chi connectivity index (χ3n) is 1.45. The minimum Gasteiger partial charge on any atom is -0.384 e. The minimum atomic E-state index is -0.612. The summed E-state index contributed by atoms with van der Waals surface area (Å²) in [6.45, 7) is 0. The van der Waals surface area contributed by atoms with Crippen LogP contribution in [0.1, 0.15) is 0 Å². The van der Waals surface area contributed by atoms with Crippen molar-refractivity contribution in [2.24, 2.45) is 0 Å². The number of H-pyrrole nitrogens is 1. The van der Waals surface area contributed by atoms with E-state index in [1.54, 1.807) is 18.2 Å². The summed E-state index contributed by atoms with van der Waals surface area (Å²) in [6.07, 6.45) is 0. The summed E-state index contributed by atoms with van der Waals surface area (Å²) < 4.78 is 4.32. The third kappa shape index (κ3) is 1.41. The molecule has 3 N–H and O–H groups in total. The van der Waals surface area contributed by atoms with Crippen LogP contribution in [0.15, 0.2) is 27.5 Å². The third-order valence-corrected chi connectivity index (χ3v) is 1.45. The monoisotopic (exact) mass is 178 g/mol. The second kappa shape index (κ2) is 2.74. The summed E-state index contributed by atoms with van der Waals surface area (Å²) in [6, 6.07) is 5.02. The molecular formula is C7H6N4O2. The molecule has 2 heterocycles. The lowest BCUT2D eigenvalue weighted by molar-refractivity contribution is 0.388. The van der Waals surface area contributed by atoms with Crippen LogP contribution in [-0.2, 0) is 0 Å². The van der Waals surface area contributed by atoms with Crippen molar-refractivity contribution in [3.63, 3.8) is 0 Å². The summed E-state index contributed by atoms with van der Waals surface area (Å²) in [5.74, 6) is 0.0258. The Balaban J connectivity index is 2.52. The lowest BCUT2D eigenvalue weighted by Crippen LogP contribution is -1.96. The number of aromatic nitrogens is 3. The molecule has 0 aliphatic heterocycles. The first-order valence-corrected chi connectivity index (χ1v) is 3.54. The van der Waals surface area contributed by atoms with Gasteiger partial charge >= 0.3 is 5.76 Å². The molecule has 66 valence electrons. The van der Waals surface area contributed by atoms with Crippen molar-refractivity contribution >= 4 is 5.82 Å². The summed E-state index contributed by atoms with van der Waals surface area (Å²) in [7, 11) is 0. The molecule has 0 aromatic carbocycles. The maximum Gasteiger partial charge on any atom is 0.439 e. The number of hydrogen-bond donors (Lipinski definition) is 2. The molecule has 0 fully saturated rings. The number of nitrogens with zero attached hydrogens (tertiary/aromatic N) is 2. The maximum atomic E-state index is 10.6. The van der Waals surface area contributed by atoms with E-state index >= 15 is 0 Å². The van der Waals surface area contributed by atoms with E-state index in [2.05, 4.69) is 19.6 Å².